The van der Waals surface area contributed by atoms with Crippen LogP contribution < -0.4 is 0 Å². The first-order valence-electron chi connectivity index (χ1n) is 12.4. The van der Waals surface area contributed by atoms with E-state index in [1.165, 1.54) is 54.4 Å². The van der Waals surface area contributed by atoms with Gasteiger partial charge in [-0.3, -0.25) is 4.79 Å². The van der Waals surface area contributed by atoms with Crippen LogP contribution in [0.5, 0.6) is 0 Å². The van der Waals surface area contributed by atoms with Crippen LogP contribution in [0.3, 0.4) is 0 Å². The van der Waals surface area contributed by atoms with E-state index in [9.17, 15) is 4.79 Å². The average Bonchev–Trinajstić information content (AvgIpc) is 2.81. The lowest BCUT2D eigenvalue weighted by atomic mass is 9.76. The van der Waals surface area contributed by atoms with Gasteiger partial charge in [-0.25, -0.2) is 0 Å². The number of aryl methyl sites for hydroxylation is 1. The average molecular weight is 405 g/mol. The number of carbonyl (C=O) groups is 1. The molecule has 0 aliphatic heterocycles. The number of rotatable bonds is 11. The topological polar surface area (TPSA) is 17.1 Å². The standard InChI is InChI=1S/C29H40O/c1-3-5-7-8-9-23-11-13-24(14-12-23)25-15-17-26(18-16-25)27-19-21-28(22-20-27)29(30)10-6-4-2/h11-18,27-28H,3-10,19-22H2,1-2H3. The van der Waals surface area contributed by atoms with Crippen molar-refractivity contribution in [2.24, 2.45) is 5.92 Å². The summed E-state index contributed by atoms with van der Waals surface area (Å²) in [6.45, 7) is 4.43. The highest BCUT2D eigenvalue weighted by molar-refractivity contribution is 5.81. The molecule has 1 aliphatic rings. The summed E-state index contributed by atoms with van der Waals surface area (Å²) in [5.74, 6) is 1.46. The molecule has 0 spiro atoms. The van der Waals surface area contributed by atoms with Gasteiger partial charge in [-0.05, 0) is 73.1 Å². The predicted octanol–water partition coefficient (Wildman–Crippen LogP) is 8.51. The zero-order valence-corrected chi connectivity index (χ0v) is 19.2. The molecule has 1 nitrogen and oxygen atoms in total. The molecular weight excluding hydrogens is 364 g/mol. The first-order valence-corrected chi connectivity index (χ1v) is 12.4. The summed E-state index contributed by atoms with van der Waals surface area (Å²) in [4.78, 5) is 12.3. The van der Waals surface area contributed by atoms with Crippen LogP contribution in [-0.4, -0.2) is 5.78 Å². The monoisotopic (exact) mass is 404 g/mol. The van der Waals surface area contributed by atoms with Crippen LogP contribution in [0.15, 0.2) is 48.5 Å². The van der Waals surface area contributed by atoms with Crippen molar-refractivity contribution in [1.82, 2.24) is 0 Å². The lowest BCUT2D eigenvalue weighted by molar-refractivity contribution is -0.124. The number of hydrogen-bond donors (Lipinski definition) is 0. The van der Waals surface area contributed by atoms with Crippen LogP contribution >= 0.6 is 0 Å². The summed E-state index contributed by atoms with van der Waals surface area (Å²) in [6.07, 6.45) is 13.9. The Hall–Kier alpha value is -1.89. The Morgan fingerprint density at radius 1 is 0.733 bits per heavy atom. The fourth-order valence-corrected chi connectivity index (χ4v) is 4.87. The van der Waals surface area contributed by atoms with E-state index in [2.05, 4.69) is 62.4 Å². The maximum Gasteiger partial charge on any atom is 0.135 e. The van der Waals surface area contributed by atoms with Gasteiger partial charge in [-0.1, -0.05) is 88.1 Å². The highest BCUT2D eigenvalue weighted by atomic mass is 16.1. The van der Waals surface area contributed by atoms with E-state index in [-0.39, 0.29) is 0 Å². The lowest BCUT2D eigenvalue weighted by Gasteiger charge is -2.28. The Balaban J connectivity index is 1.51. The highest BCUT2D eigenvalue weighted by Gasteiger charge is 2.26. The zero-order chi connectivity index (χ0) is 21.2. The molecule has 1 fully saturated rings. The molecule has 0 amide bonds. The van der Waals surface area contributed by atoms with Gasteiger partial charge < -0.3 is 0 Å². The minimum atomic E-state index is 0.326. The summed E-state index contributed by atoms with van der Waals surface area (Å²) in [6, 6.07) is 18.3. The maximum atomic E-state index is 12.3. The van der Waals surface area contributed by atoms with Gasteiger partial charge in [0.1, 0.15) is 5.78 Å². The number of unbranched alkanes of at least 4 members (excludes halogenated alkanes) is 4. The van der Waals surface area contributed by atoms with Crippen LogP contribution in [0.2, 0.25) is 0 Å². The molecule has 0 saturated heterocycles. The summed E-state index contributed by atoms with van der Waals surface area (Å²) in [5.41, 5.74) is 5.52. The van der Waals surface area contributed by atoms with Crippen molar-refractivity contribution >= 4 is 5.78 Å². The van der Waals surface area contributed by atoms with Crippen molar-refractivity contribution in [1.29, 1.82) is 0 Å². The van der Waals surface area contributed by atoms with Crippen LogP contribution in [0.4, 0.5) is 0 Å². The molecule has 0 N–H and O–H groups in total. The van der Waals surface area contributed by atoms with Gasteiger partial charge in [-0.2, -0.15) is 0 Å². The van der Waals surface area contributed by atoms with Crippen molar-refractivity contribution in [3.8, 4) is 11.1 Å². The molecule has 0 bridgehead atoms. The summed E-state index contributed by atoms with van der Waals surface area (Å²) in [5, 5.41) is 0. The normalized spacial score (nSPS) is 19.0. The minimum Gasteiger partial charge on any atom is -0.299 e. The van der Waals surface area contributed by atoms with E-state index in [0.29, 0.717) is 17.6 Å². The van der Waals surface area contributed by atoms with Gasteiger partial charge in [0.15, 0.2) is 0 Å². The van der Waals surface area contributed by atoms with Crippen LogP contribution in [0.1, 0.15) is 102 Å². The van der Waals surface area contributed by atoms with Crippen LogP contribution in [0, 0.1) is 5.92 Å². The second-order valence-corrected chi connectivity index (χ2v) is 9.25. The molecule has 2 aromatic rings. The molecule has 3 rings (SSSR count). The second kappa shape index (κ2) is 12.1. The van der Waals surface area contributed by atoms with Gasteiger partial charge in [-0.15, -0.1) is 0 Å². The molecule has 2 aromatic carbocycles. The Bertz CT molecular complexity index is 748. The third-order valence-corrected chi connectivity index (χ3v) is 6.95. The molecule has 0 atom stereocenters. The molecule has 1 aliphatic carbocycles. The van der Waals surface area contributed by atoms with Crippen LogP contribution in [0.25, 0.3) is 11.1 Å². The number of carbonyl (C=O) groups excluding carboxylic acids is 1. The van der Waals surface area contributed by atoms with Crippen molar-refractivity contribution in [3.05, 3.63) is 59.7 Å². The van der Waals surface area contributed by atoms with Crippen molar-refractivity contribution in [2.45, 2.75) is 96.8 Å². The molecular formula is C29H40O. The summed E-state index contributed by atoms with van der Waals surface area (Å²) < 4.78 is 0. The van der Waals surface area contributed by atoms with Crippen molar-refractivity contribution < 1.29 is 4.79 Å². The smallest absolute Gasteiger partial charge is 0.135 e. The maximum absolute atomic E-state index is 12.3. The molecule has 0 heterocycles. The Morgan fingerprint density at radius 2 is 1.33 bits per heavy atom. The van der Waals surface area contributed by atoms with Gasteiger partial charge in [0.25, 0.3) is 0 Å². The number of ketones is 1. The predicted molar refractivity (Wildman–Crippen MR) is 129 cm³/mol. The fraction of sp³-hybridized carbons (Fsp3) is 0.552. The van der Waals surface area contributed by atoms with E-state index >= 15 is 0 Å². The van der Waals surface area contributed by atoms with Gasteiger partial charge >= 0.3 is 0 Å². The minimum absolute atomic E-state index is 0.326. The van der Waals surface area contributed by atoms with E-state index in [4.69, 9.17) is 0 Å². The molecule has 30 heavy (non-hydrogen) atoms. The molecule has 0 unspecified atom stereocenters. The Labute approximate surface area is 184 Å². The van der Waals surface area contributed by atoms with E-state index < -0.39 is 0 Å². The molecule has 162 valence electrons. The Morgan fingerprint density at radius 3 is 1.93 bits per heavy atom. The first kappa shape index (κ1) is 22.8. The number of hydrogen-bond acceptors (Lipinski definition) is 1. The number of benzene rings is 2. The highest BCUT2D eigenvalue weighted by Crippen LogP contribution is 2.37. The molecule has 1 heteroatoms. The van der Waals surface area contributed by atoms with Crippen molar-refractivity contribution in [2.75, 3.05) is 0 Å². The van der Waals surface area contributed by atoms with Gasteiger partial charge in [0.2, 0.25) is 0 Å². The zero-order valence-electron chi connectivity index (χ0n) is 19.2. The summed E-state index contributed by atoms with van der Waals surface area (Å²) >= 11 is 0. The quantitative estimate of drug-likeness (QED) is 0.343. The fourth-order valence-electron chi connectivity index (χ4n) is 4.87. The molecule has 0 radical (unpaired) electrons. The van der Waals surface area contributed by atoms with E-state index in [1.54, 1.807) is 0 Å². The third kappa shape index (κ3) is 6.56. The van der Waals surface area contributed by atoms with E-state index in [1.807, 2.05) is 0 Å². The van der Waals surface area contributed by atoms with Gasteiger partial charge in [0, 0.05) is 12.3 Å². The number of Topliss-reactive ketones (excluding diaryl/α,β-unsaturated/α-hetero) is 1. The SMILES string of the molecule is CCCCCCc1ccc(-c2ccc(C3CCC(C(=O)CCCC)CC3)cc2)cc1. The largest absolute Gasteiger partial charge is 0.299 e. The second-order valence-electron chi connectivity index (χ2n) is 9.25. The Kier molecular flexibility index (Phi) is 9.18. The third-order valence-electron chi connectivity index (χ3n) is 6.95. The molecule has 1 saturated carbocycles. The first-order chi connectivity index (χ1) is 14.7. The van der Waals surface area contributed by atoms with Crippen molar-refractivity contribution in [3.63, 3.8) is 0 Å². The molecule has 0 aromatic heterocycles. The lowest BCUT2D eigenvalue weighted by Crippen LogP contribution is -2.21. The van der Waals surface area contributed by atoms with Gasteiger partial charge in [0.05, 0.1) is 0 Å². The summed E-state index contributed by atoms with van der Waals surface area (Å²) in [7, 11) is 0. The van der Waals surface area contributed by atoms with E-state index in [0.717, 1.165) is 44.9 Å². The van der Waals surface area contributed by atoms with Crippen LogP contribution in [-0.2, 0) is 11.2 Å².